The number of benzene rings is 2. The molecule has 0 unspecified atom stereocenters. The molecule has 0 atom stereocenters. The molecule has 0 saturated heterocycles. The zero-order chi connectivity index (χ0) is 18.1. The smallest absolute Gasteiger partial charge is 0.331 e. The van der Waals surface area contributed by atoms with Crippen molar-refractivity contribution in [2.75, 3.05) is 11.9 Å². The quantitative estimate of drug-likeness (QED) is 0.649. The average molecular weight is 334 g/mol. The molecule has 0 bridgehead atoms. The van der Waals surface area contributed by atoms with Gasteiger partial charge in [0.15, 0.2) is 6.61 Å². The fourth-order valence-corrected chi connectivity index (χ4v) is 2.11. The number of aryl methyl sites for hydroxylation is 1. The highest BCUT2D eigenvalue weighted by molar-refractivity contribution is 5.94. The number of nitrogens with one attached hydrogen (secondary N) is 1. The van der Waals surface area contributed by atoms with Gasteiger partial charge in [-0.1, -0.05) is 36.4 Å². The second-order valence-corrected chi connectivity index (χ2v) is 5.38. The van der Waals surface area contributed by atoms with E-state index in [0.29, 0.717) is 12.1 Å². The molecule has 0 fully saturated rings. The molecular formula is C20H18N2O3. The molecule has 25 heavy (non-hydrogen) atoms. The highest BCUT2D eigenvalue weighted by Gasteiger charge is 2.06. The third kappa shape index (κ3) is 5.96. The summed E-state index contributed by atoms with van der Waals surface area (Å²) in [6.45, 7) is 1.58. The van der Waals surface area contributed by atoms with Gasteiger partial charge >= 0.3 is 5.97 Å². The van der Waals surface area contributed by atoms with Gasteiger partial charge < -0.3 is 10.1 Å². The maximum Gasteiger partial charge on any atom is 0.331 e. The van der Waals surface area contributed by atoms with Gasteiger partial charge in [-0.05, 0) is 41.8 Å². The van der Waals surface area contributed by atoms with Crippen molar-refractivity contribution in [2.24, 2.45) is 0 Å². The molecule has 2 aromatic carbocycles. The molecule has 0 saturated carbocycles. The van der Waals surface area contributed by atoms with E-state index in [1.807, 2.05) is 31.2 Å². The van der Waals surface area contributed by atoms with Crippen LogP contribution in [0.1, 0.15) is 16.7 Å². The Morgan fingerprint density at radius 3 is 2.56 bits per heavy atom. The van der Waals surface area contributed by atoms with E-state index in [9.17, 15) is 9.59 Å². The van der Waals surface area contributed by atoms with Crippen molar-refractivity contribution in [3.8, 4) is 6.07 Å². The summed E-state index contributed by atoms with van der Waals surface area (Å²) in [6, 6.07) is 16.6. The van der Waals surface area contributed by atoms with Gasteiger partial charge in [-0.2, -0.15) is 5.26 Å². The SMILES string of the molecule is Cc1ccccc1/C=C/C(=O)OCC(=O)Nc1ccc(CC#N)cc1. The molecule has 0 aliphatic heterocycles. The Hall–Kier alpha value is -3.39. The second kappa shape index (κ2) is 9.04. The summed E-state index contributed by atoms with van der Waals surface area (Å²) in [5.74, 6) is -1.01. The van der Waals surface area contributed by atoms with Crippen molar-refractivity contribution in [3.63, 3.8) is 0 Å². The summed E-state index contributed by atoms with van der Waals surface area (Å²) < 4.78 is 4.92. The number of carbonyl (C=O) groups excluding carboxylic acids is 2. The molecule has 0 heterocycles. The largest absolute Gasteiger partial charge is 0.452 e. The summed E-state index contributed by atoms with van der Waals surface area (Å²) in [5, 5.41) is 11.2. The Morgan fingerprint density at radius 2 is 1.88 bits per heavy atom. The minimum atomic E-state index is -0.581. The molecule has 2 aromatic rings. The summed E-state index contributed by atoms with van der Waals surface area (Å²) in [5.41, 5.74) is 3.41. The van der Waals surface area contributed by atoms with Gasteiger partial charge in [0.2, 0.25) is 0 Å². The van der Waals surface area contributed by atoms with Gasteiger partial charge in [-0.15, -0.1) is 0 Å². The van der Waals surface area contributed by atoms with Gasteiger partial charge in [0, 0.05) is 11.8 Å². The molecule has 1 amide bonds. The van der Waals surface area contributed by atoms with Gasteiger partial charge in [-0.3, -0.25) is 4.79 Å². The van der Waals surface area contributed by atoms with E-state index in [1.54, 1.807) is 30.3 Å². The van der Waals surface area contributed by atoms with Crippen molar-refractivity contribution < 1.29 is 14.3 Å². The number of nitriles is 1. The lowest BCUT2D eigenvalue weighted by Crippen LogP contribution is -2.20. The van der Waals surface area contributed by atoms with E-state index >= 15 is 0 Å². The van der Waals surface area contributed by atoms with E-state index in [2.05, 4.69) is 11.4 Å². The van der Waals surface area contributed by atoms with Gasteiger partial charge in [-0.25, -0.2) is 4.79 Å². The Morgan fingerprint density at radius 1 is 1.16 bits per heavy atom. The van der Waals surface area contributed by atoms with Gasteiger partial charge in [0.25, 0.3) is 5.91 Å². The van der Waals surface area contributed by atoms with Crippen LogP contribution in [0.25, 0.3) is 6.08 Å². The number of anilines is 1. The number of nitrogens with zero attached hydrogens (tertiary/aromatic N) is 1. The van der Waals surface area contributed by atoms with E-state index in [4.69, 9.17) is 10.00 Å². The van der Waals surface area contributed by atoms with Crippen LogP contribution in [0.5, 0.6) is 0 Å². The number of hydrogen-bond donors (Lipinski definition) is 1. The van der Waals surface area contributed by atoms with Crippen LogP contribution in [0.2, 0.25) is 0 Å². The lowest BCUT2D eigenvalue weighted by atomic mass is 10.1. The summed E-state index contributed by atoms with van der Waals surface area (Å²) >= 11 is 0. The van der Waals surface area contributed by atoms with Crippen molar-refractivity contribution in [2.45, 2.75) is 13.3 Å². The van der Waals surface area contributed by atoms with Gasteiger partial charge in [0.05, 0.1) is 12.5 Å². The first kappa shape index (κ1) is 18.0. The fraction of sp³-hybridized carbons (Fsp3) is 0.150. The topological polar surface area (TPSA) is 79.2 Å². The lowest BCUT2D eigenvalue weighted by Gasteiger charge is -2.06. The van der Waals surface area contributed by atoms with E-state index in [0.717, 1.165) is 16.7 Å². The first-order valence-electron chi connectivity index (χ1n) is 7.74. The zero-order valence-corrected chi connectivity index (χ0v) is 13.9. The van der Waals surface area contributed by atoms with Crippen LogP contribution in [0, 0.1) is 18.3 Å². The Bertz CT molecular complexity index is 818. The molecular weight excluding hydrogens is 316 g/mol. The standard InChI is InChI=1S/C20H18N2O3/c1-15-4-2-3-5-17(15)8-11-20(24)25-14-19(23)22-18-9-6-16(7-10-18)12-13-21/h2-11H,12,14H2,1H3,(H,22,23)/b11-8+. The summed E-state index contributed by atoms with van der Waals surface area (Å²) in [4.78, 5) is 23.5. The van der Waals surface area contributed by atoms with Crippen LogP contribution in [0.4, 0.5) is 5.69 Å². The van der Waals surface area contributed by atoms with Crippen molar-refractivity contribution in [1.29, 1.82) is 5.26 Å². The van der Waals surface area contributed by atoms with Crippen LogP contribution < -0.4 is 5.32 Å². The zero-order valence-electron chi connectivity index (χ0n) is 13.9. The van der Waals surface area contributed by atoms with Crippen molar-refractivity contribution >= 4 is 23.6 Å². The Labute approximate surface area is 146 Å². The number of amides is 1. The molecule has 126 valence electrons. The predicted molar refractivity (Wildman–Crippen MR) is 95.6 cm³/mol. The molecule has 1 N–H and O–H groups in total. The third-order valence-electron chi connectivity index (χ3n) is 3.45. The van der Waals surface area contributed by atoms with Gasteiger partial charge in [0.1, 0.15) is 0 Å². The lowest BCUT2D eigenvalue weighted by molar-refractivity contribution is -0.142. The summed E-state index contributed by atoms with van der Waals surface area (Å²) in [6.07, 6.45) is 3.27. The highest BCUT2D eigenvalue weighted by Crippen LogP contribution is 2.10. The monoisotopic (exact) mass is 334 g/mol. The average Bonchev–Trinajstić information content (AvgIpc) is 2.61. The molecule has 2 rings (SSSR count). The van der Waals surface area contributed by atoms with E-state index < -0.39 is 11.9 Å². The molecule has 0 aliphatic carbocycles. The fourth-order valence-electron chi connectivity index (χ4n) is 2.11. The number of ether oxygens (including phenoxy) is 1. The Balaban J connectivity index is 1.80. The molecule has 0 aliphatic rings. The normalized spacial score (nSPS) is 10.2. The van der Waals surface area contributed by atoms with E-state index in [1.165, 1.54) is 6.08 Å². The summed E-state index contributed by atoms with van der Waals surface area (Å²) in [7, 11) is 0. The molecule has 0 spiro atoms. The minimum Gasteiger partial charge on any atom is -0.452 e. The van der Waals surface area contributed by atoms with Crippen LogP contribution in [0.3, 0.4) is 0 Å². The Kier molecular flexibility index (Phi) is 6.49. The van der Waals surface area contributed by atoms with E-state index in [-0.39, 0.29) is 6.61 Å². The predicted octanol–water partition coefficient (Wildman–Crippen LogP) is 3.26. The van der Waals surface area contributed by atoms with Crippen molar-refractivity contribution in [1.82, 2.24) is 0 Å². The highest BCUT2D eigenvalue weighted by atomic mass is 16.5. The van der Waals surface area contributed by atoms with Crippen LogP contribution in [-0.4, -0.2) is 18.5 Å². The van der Waals surface area contributed by atoms with Crippen LogP contribution in [0.15, 0.2) is 54.6 Å². The number of rotatable bonds is 6. The maximum atomic E-state index is 11.8. The van der Waals surface area contributed by atoms with Crippen LogP contribution >= 0.6 is 0 Å². The molecule has 5 heteroatoms. The first-order chi connectivity index (χ1) is 12.1. The molecule has 5 nitrogen and oxygen atoms in total. The number of esters is 1. The number of hydrogen-bond acceptors (Lipinski definition) is 4. The third-order valence-corrected chi connectivity index (χ3v) is 3.45. The second-order valence-electron chi connectivity index (χ2n) is 5.38. The van der Waals surface area contributed by atoms with Crippen LogP contribution in [-0.2, 0) is 20.7 Å². The van der Waals surface area contributed by atoms with Crippen molar-refractivity contribution in [3.05, 3.63) is 71.3 Å². The number of carbonyl (C=O) groups is 2. The molecule has 0 radical (unpaired) electrons. The molecule has 0 aromatic heterocycles. The maximum absolute atomic E-state index is 11.8. The first-order valence-corrected chi connectivity index (χ1v) is 7.74. The minimum absolute atomic E-state index is 0.319.